The van der Waals surface area contributed by atoms with E-state index >= 15 is 0 Å². The molecule has 1 saturated heterocycles. The van der Waals surface area contributed by atoms with Gasteiger partial charge < -0.3 is 10.4 Å². The van der Waals surface area contributed by atoms with Gasteiger partial charge >= 0.3 is 0 Å². The largest absolute Gasteiger partial charge is 0.392 e. The molecule has 0 bridgehead atoms. The quantitative estimate of drug-likeness (QED) is 0.698. The second-order valence-electron chi connectivity index (χ2n) is 4.60. The Morgan fingerprint density at radius 2 is 2.27 bits per heavy atom. The Morgan fingerprint density at radius 1 is 1.47 bits per heavy atom. The summed E-state index contributed by atoms with van der Waals surface area (Å²) in [6.07, 6.45) is 5.90. The molecule has 1 fully saturated rings. The molecule has 0 amide bonds. The van der Waals surface area contributed by atoms with Crippen molar-refractivity contribution < 1.29 is 5.11 Å². The lowest BCUT2D eigenvalue weighted by atomic mass is 9.98. The van der Waals surface area contributed by atoms with Crippen LogP contribution in [-0.2, 0) is 0 Å². The van der Waals surface area contributed by atoms with Crippen molar-refractivity contribution in [2.24, 2.45) is 0 Å². The average molecular weight is 214 g/mol. The predicted octanol–water partition coefficient (Wildman–Crippen LogP) is 1.22. The Balaban J connectivity index is 2.35. The molecule has 90 valence electrons. The predicted molar refractivity (Wildman–Crippen MR) is 64.1 cm³/mol. The minimum absolute atomic E-state index is 0.139. The Kier molecular flexibility index (Phi) is 6.22. The summed E-state index contributed by atoms with van der Waals surface area (Å²) >= 11 is 0. The van der Waals surface area contributed by atoms with Gasteiger partial charge in [-0.15, -0.1) is 0 Å². The first-order valence-corrected chi connectivity index (χ1v) is 6.34. The fraction of sp³-hybridized carbons (Fsp3) is 1.00. The highest BCUT2D eigenvalue weighted by Gasteiger charge is 2.23. The van der Waals surface area contributed by atoms with Crippen molar-refractivity contribution in [2.45, 2.75) is 51.2 Å². The van der Waals surface area contributed by atoms with Gasteiger partial charge in [0.2, 0.25) is 0 Å². The molecule has 0 aromatic rings. The summed E-state index contributed by atoms with van der Waals surface area (Å²) in [6.45, 7) is 5.18. The summed E-state index contributed by atoms with van der Waals surface area (Å²) < 4.78 is 0. The van der Waals surface area contributed by atoms with E-state index in [4.69, 9.17) is 0 Å². The second kappa shape index (κ2) is 7.20. The van der Waals surface area contributed by atoms with Crippen molar-refractivity contribution in [2.75, 3.05) is 26.7 Å². The fourth-order valence-corrected chi connectivity index (χ4v) is 2.34. The van der Waals surface area contributed by atoms with Crippen molar-refractivity contribution in [3.63, 3.8) is 0 Å². The Hall–Kier alpha value is -0.120. The first kappa shape index (κ1) is 12.9. The summed E-state index contributed by atoms with van der Waals surface area (Å²) in [5, 5.41) is 12.9. The smallest absolute Gasteiger partial charge is 0.0664 e. The van der Waals surface area contributed by atoms with Crippen molar-refractivity contribution in [1.29, 1.82) is 0 Å². The van der Waals surface area contributed by atoms with E-state index in [0.29, 0.717) is 6.04 Å². The molecule has 2 unspecified atom stereocenters. The minimum Gasteiger partial charge on any atom is -0.392 e. The molecular weight excluding hydrogens is 188 g/mol. The molecule has 1 aliphatic heterocycles. The summed E-state index contributed by atoms with van der Waals surface area (Å²) in [7, 11) is 2.01. The number of hydrogen-bond acceptors (Lipinski definition) is 3. The lowest BCUT2D eigenvalue weighted by molar-refractivity contribution is 0.0626. The van der Waals surface area contributed by atoms with E-state index in [1.165, 1.54) is 32.2 Å². The molecule has 0 aromatic carbocycles. The van der Waals surface area contributed by atoms with Gasteiger partial charge in [0.25, 0.3) is 0 Å². The van der Waals surface area contributed by atoms with Gasteiger partial charge in [-0.25, -0.2) is 0 Å². The summed E-state index contributed by atoms with van der Waals surface area (Å²) in [5.74, 6) is 0. The molecule has 15 heavy (non-hydrogen) atoms. The van der Waals surface area contributed by atoms with Crippen LogP contribution in [0.4, 0.5) is 0 Å². The van der Waals surface area contributed by atoms with Crippen molar-refractivity contribution in [1.82, 2.24) is 10.2 Å². The molecule has 0 radical (unpaired) electrons. The zero-order valence-corrected chi connectivity index (χ0v) is 10.2. The van der Waals surface area contributed by atoms with Gasteiger partial charge in [-0.05, 0) is 45.8 Å². The zero-order valence-electron chi connectivity index (χ0n) is 10.2. The van der Waals surface area contributed by atoms with E-state index in [-0.39, 0.29) is 6.10 Å². The molecular formula is C12H26N2O. The van der Waals surface area contributed by atoms with Gasteiger partial charge in [0, 0.05) is 12.6 Å². The number of aliphatic hydroxyl groups excluding tert-OH is 1. The molecule has 1 heterocycles. The highest BCUT2D eigenvalue weighted by Crippen LogP contribution is 2.19. The SMILES string of the molecule is CCC(O)CN1CCCCC1CCNC. The van der Waals surface area contributed by atoms with Crippen molar-refractivity contribution in [3.05, 3.63) is 0 Å². The van der Waals surface area contributed by atoms with Gasteiger partial charge in [0.05, 0.1) is 6.10 Å². The monoisotopic (exact) mass is 214 g/mol. The van der Waals surface area contributed by atoms with E-state index in [9.17, 15) is 5.11 Å². The Bertz CT molecular complexity index is 164. The van der Waals surface area contributed by atoms with Crippen LogP contribution in [0.2, 0.25) is 0 Å². The van der Waals surface area contributed by atoms with Crippen LogP contribution in [0.25, 0.3) is 0 Å². The first-order chi connectivity index (χ1) is 7.27. The van der Waals surface area contributed by atoms with E-state index in [1.54, 1.807) is 0 Å². The molecule has 3 heteroatoms. The Labute approximate surface area is 93.9 Å². The highest BCUT2D eigenvalue weighted by atomic mass is 16.3. The van der Waals surface area contributed by atoms with Crippen LogP contribution in [0.5, 0.6) is 0 Å². The van der Waals surface area contributed by atoms with Gasteiger partial charge in [0.15, 0.2) is 0 Å². The average Bonchev–Trinajstić information content (AvgIpc) is 2.28. The van der Waals surface area contributed by atoms with Crippen molar-refractivity contribution in [3.8, 4) is 0 Å². The molecule has 0 spiro atoms. The zero-order chi connectivity index (χ0) is 11.1. The number of β-amino-alcohol motifs (C(OH)–C–C–N with tert-alkyl or cyclic N) is 1. The lowest BCUT2D eigenvalue weighted by Gasteiger charge is -2.36. The summed E-state index contributed by atoms with van der Waals surface area (Å²) in [4.78, 5) is 2.48. The molecule has 0 saturated carbocycles. The van der Waals surface area contributed by atoms with Crippen LogP contribution >= 0.6 is 0 Å². The van der Waals surface area contributed by atoms with Gasteiger partial charge in [-0.3, -0.25) is 4.90 Å². The number of rotatable bonds is 6. The molecule has 1 aliphatic rings. The number of nitrogens with zero attached hydrogens (tertiary/aromatic N) is 1. The van der Waals surface area contributed by atoms with Crippen LogP contribution in [0, 0.1) is 0 Å². The number of likely N-dealkylation sites (tertiary alicyclic amines) is 1. The molecule has 0 aromatic heterocycles. The van der Waals surface area contributed by atoms with Crippen molar-refractivity contribution >= 4 is 0 Å². The minimum atomic E-state index is -0.139. The van der Waals surface area contributed by atoms with E-state index in [1.807, 2.05) is 7.05 Å². The number of nitrogens with one attached hydrogen (secondary N) is 1. The van der Waals surface area contributed by atoms with Crippen LogP contribution < -0.4 is 5.32 Å². The first-order valence-electron chi connectivity index (χ1n) is 6.34. The second-order valence-corrected chi connectivity index (χ2v) is 4.60. The standard InChI is InChI=1S/C12H26N2O/c1-3-12(15)10-14-9-5-4-6-11(14)7-8-13-2/h11-13,15H,3-10H2,1-2H3. The van der Waals surface area contributed by atoms with Crippen LogP contribution in [0.15, 0.2) is 0 Å². The van der Waals surface area contributed by atoms with Crippen LogP contribution in [0.1, 0.15) is 39.0 Å². The third-order valence-corrected chi connectivity index (χ3v) is 3.39. The third kappa shape index (κ3) is 4.49. The summed E-state index contributed by atoms with van der Waals surface area (Å²) in [5.41, 5.74) is 0. The molecule has 2 atom stereocenters. The normalized spacial score (nSPS) is 25.4. The fourth-order valence-electron chi connectivity index (χ4n) is 2.34. The number of piperidine rings is 1. The summed E-state index contributed by atoms with van der Waals surface area (Å²) in [6, 6.07) is 0.687. The number of hydrogen-bond donors (Lipinski definition) is 2. The lowest BCUT2D eigenvalue weighted by Crippen LogP contribution is -2.44. The van der Waals surface area contributed by atoms with E-state index in [0.717, 1.165) is 19.5 Å². The molecule has 0 aliphatic carbocycles. The molecule has 1 rings (SSSR count). The maximum Gasteiger partial charge on any atom is 0.0664 e. The highest BCUT2D eigenvalue weighted by molar-refractivity contribution is 4.79. The maximum absolute atomic E-state index is 9.70. The van der Waals surface area contributed by atoms with Gasteiger partial charge in [-0.1, -0.05) is 13.3 Å². The number of aliphatic hydroxyl groups is 1. The Morgan fingerprint density at radius 3 is 2.93 bits per heavy atom. The van der Waals surface area contributed by atoms with Gasteiger partial charge in [-0.2, -0.15) is 0 Å². The molecule has 2 N–H and O–H groups in total. The van der Waals surface area contributed by atoms with Gasteiger partial charge in [0.1, 0.15) is 0 Å². The topological polar surface area (TPSA) is 35.5 Å². The third-order valence-electron chi connectivity index (χ3n) is 3.39. The van der Waals surface area contributed by atoms with E-state index < -0.39 is 0 Å². The van der Waals surface area contributed by atoms with E-state index in [2.05, 4.69) is 17.1 Å². The van der Waals surface area contributed by atoms with Crippen LogP contribution in [0.3, 0.4) is 0 Å². The van der Waals surface area contributed by atoms with Crippen LogP contribution in [-0.4, -0.2) is 48.8 Å². The maximum atomic E-state index is 9.70. The molecule has 3 nitrogen and oxygen atoms in total.